The molecule has 1 unspecified atom stereocenters. The third kappa shape index (κ3) is 4.42. The van der Waals surface area contributed by atoms with Gasteiger partial charge in [0.2, 0.25) is 5.91 Å². The van der Waals surface area contributed by atoms with Gasteiger partial charge in [0.15, 0.2) is 0 Å². The average molecular weight is 382 g/mol. The van der Waals surface area contributed by atoms with Crippen molar-refractivity contribution in [2.45, 2.75) is 31.8 Å². The molecule has 124 valence electrons. The molecule has 0 bridgehead atoms. The molecule has 23 heavy (non-hydrogen) atoms. The van der Waals surface area contributed by atoms with Gasteiger partial charge >= 0.3 is 5.97 Å². The second-order valence-corrected chi connectivity index (χ2v) is 6.28. The van der Waals surface area contributed by atoms with Gasteiger partial charge in [0.25, 0.3) is 0 Å². The minimum absolute atomic E-state index is 0.148. The highest BCUT2D eigenvalue weighted by Crippen LogP contribution is 2.30. The summed E-state index contributed by atoms with van der Waals surface area (Å²) in [5.41, 5.74) is 1.96. The van der Waals surface area contributed by atoms with E-state index in [1.54, 1.807) is 6.08 Å². The standard InChI is InChI=1S/C17H20BrNO4/c1-2-8-23-9-4-7-16(20)19-11-12-5-3-6-14(18)13(12)10-15(19)17(21)22/h2-3,5-6,15H,1,4,7-11H2,(H,21,22). The quantitative estimate of drug-likeness (QED) is 0.582. The number of aliphatic carboxylic acids is 1. The molecule has 1 atom stereocenters. The van der Waals surface area contributed by atoms with Crippen LogP contribution in [0.4, 0.5) is 0 Å². The van der Waals surface area contributed by atoms with Crippen LogP contribution in [0.25, 0.3) is 0 Å². The van der Waals surface area contributed by atoms with Crippen molar-refractivity contribution in [3.8, 4) is 0 Å². The van der Waals surface area contributed by atoms with Gasteiger partial charge in [-0.2, -0.15) is 0 Å². The predicted molar refractivity (Wildman–Crippen MR) is 90.1 cm³/mol. The summed E-state index contributed by atoms with van der Waals surface area (Å²) >= 11 is 3.46. The Kier molecular flexibility index (Phi) is 6.36. The lowest BCUT2D eigenvalue weighted by Crippen LogP contribution is -2.48. The Morgan fingerprint density at radius 2 is 2.26 bits per heavy atom. The van der Waals surface area contributed by atoms with E-state index in [9.17, 15) is 14.7 Å². The maximum Gasteiger partial charge on any atom is 0.326 e. The largest absolute Gasteiger partial charge is 0.480 e. The lowest BCUT2D eigenvalue weighted by Gasteiger charge is -2.35. The summed E-state index contributed by atoms with van der Waals surface area (Å²) in [5.74, 6) is -1.12. The number of rotatable bonds is 7. The molecule has 1 aliphatic rings. The summed E-state index contributed by atoms with van der Waals surface area (Å²) in [7, 11) is 0. The molecule has 0 spiro atoms. The Hall–Kier alpha value is -1.66. The van der Waals surface area contributed by atoms with E-state index < -0.39 is 12.0 Å². The van der Waals surface area contributed by atoms with Crippen LogP contribution in [0.3, 0.4) is 0 Å². The highest BCUT2D eigenvalue weighted by molar-refractivity contribution is 9.10. The van der Waals surface area contributed by atoms with Crippen molar-refractivity contribution in [2.24, 2.45) is 0 Å². The fraction of sp³-hybridized carbons (Fsp3) is 0.412. The minimum Gasteiger partial charge on any atom is -0.480 e. The van der Waals surface area contributed by atoms with Crippen LogP contribution in [0.1, 0.15) is 24.0 Å². The zero-order valence-corrected chi connectivity index (χ0v) is 14.4. The molecule has 1 aliphatic heterocycles. The van der Waals surface area contributed by atoms with Crippen LogP contribution in [0.5, 0.6) is 0 Å². The monoisotopic (exact) mass is 381 g/mol. The second kappa shape index (κ2) is 8.26. The maximum absolute atomic E-state index is 12.4. The summed E-state index contributed by atoms with van der Waals surface area (Å²) in [6.45, 7) is 4.81. The molecule has 1 heterocycles. The lowest BCUT2D eigenvalue weighted by atomic mass is 9.93. The van der Waals surface area contributed by atoms with E-state index in [1.807, 2.05) is 18.2 Å². The first-order chi connectivity index (χ1) is 11.0. The fourth-order valence-electron chi connectivity index (χ4n) is 2.70. The Labute approximate surface area is 144 Å². The van der Waals surface area contributed by atoms with Gasteiger partial charge in [-0.1, -0.05) is 34.1 Å². The van der Waals surface area contributed by atoms with Crippen molar-refractivity contribution in [2.75, 3.05) is 13.2 Å². The first kappa shape index (κ1) is 17.7. The molecule has 0 aromatic heterocycles. The molecule has 5 nitrogen and oxygen atoms in total. The van der Waals surface area contributed by atoms with Crippen molar-refractivity contribution in [3.63, 3.8) is 0 Å². The topological polar surface area (TPSA) is 66.8 Å². The van der Waals surface area contributed by atoms with Crippen molar-refractivity contribution in [3.05, 3.63) is 46.5 Å². The number of carbonyl (C=O) groups excluding carboxylic acids is 1. The van der Waals surface area contributed by atoms with Gasteiger partial charge in [-0.15, -0.1) is 6.58 Å². The van der Waals surface area contributed by atoms with Gasteiger partial charge in [-0.05, 0) is 23.6 Å². The average Bonchev–Trinajstić information content (AvgIpc) is 2.53. The van der Waals surface area contributed by atoms with Gasteiger partial charge < -0.3 is 14.7 Å². The fourth-order valence-corrected chi connectivity index (χ4v) is 3.26. The van der Waals surface area contributed by atoms with Crippen LogP contribution in [-0.4, -0.2) is 41.1 Å². The molecule has 1 aromatic rings. The smallest absolute Gasteiger partial charge is 0.326 e. The molecule has 0 saturated heterocycles. The minimum atomic E-state index is -0.970. The predicted octanol–water partition coefficient (Wildman–Crippen LogP) is 2.77. The molecule has 1 amide bonds. The Balaban J connectivity index is 2.05. The van der Waals surface area contributed by atoms with E-state index in [0.29, 0.717) is 32.6 Å². The Morgan fingerprint density at radius 3 is 2.96 bits per heavy atom. The summed E-state index contributed by atoms with van der Waals surface area (Å²) in [5, 5.41) is 9.47. The SMILES string of the molecule is C=CCOCCCC(=O)N1Cc2cccc(Br)c2CC1C(=O)O. The summed E-state index contributed by atoms with van der Waals surface area (Å²) in [6.07, 6.45) is 2.83. The molecule has 0 saturated carbocycles. The summed E-state index contributed by atoms with van der Waals surface area (Å²) in [4.78, 5) is 25.4. The third-order valence-electron chi connectivity index (χ3n) is 3.85. The number of carboxylic acid groups (broad SMARTS) is 1. The number of carboxylic acids is 1. The number of fused-ring (bicyclic) bond motifs is 1. The van der Waals surface area contributed by atoms with Crippen LogP contribution >= 0.6 is 15.9 Å². The molecule has 1 aromatic carbocycles. The number of amides is 1. The van der Waals surface area contributed by atoms with E-state index in [0.717, 1.165) is 15.6 Å². The number of halogens is 1. The van der Waals surface area contributed by atoms with E-state index in [-0.39, 0.29) is 12.3 Å². The first-order valence-electron chi connectivity index (χ1n) is 7.51. The third-order valence-corrected chi connectivity index (χ3v) is 4.59. The van der Waals surface area contributed by atoms with Crippen molar-refractivity contribution >= 4 is 27.8 Å². The number of carbonyl (C=O) groups is 2. The number of nitrogens with zero attached hydrogens (tertiary/aromatic N) is 1. The van der Waals surface area contributed by atoms with Crippen LogP contribution in [0, 0.1) is 0 Å². The van der Waals surface area contributed by atoms with E-state index in [4.69, 9.17) is 4.74 Å². The van der Waals surface area contributed by atoms with Crippen molar-refractivity contribution < 1.29 is 19.4 Å². The second-order valence-electron chi connectivity index (χ2n) is 5.42. The number of ether oxygens (including phenoxy) is 1. The Bertz CT molecular complexity index is 602. The van der Waals surface area contributed by atoms with Crippen molar-refractivity contribution in [1.82, 2.24) is 4.90 Å². The molecule has 2 rings (SSSR count). The lowest BCUT2D eigenvalue weighted by molar-refractivity contribution is -0.151. The van der Waals surface area contributed by atoms with Gasteiger partial charge in [0.1, 0.15) is 6.04 Å². The maximum atomic E-state index is 12.4. The zero-order valence-electron chi connectivity index (χ0n) is 12.8. The van der Waals surface area contributed by atoms with E-state index in [2.05, 4.69) is 22.5 Å². The molecule has 6 heteroatoms. The molecular formula is C17H20BrNO4. The highest BCUT2D eigenvalue weighted by atomic mass is 79.9. The summed E-state index contributed by atoms with van der Waals surface area (Å²) in [6, 6.07) is 4.91. The molecular weight excluding hydrogens is 362 g/mol. The summed E-state index contributed by atoms with van der Waals surface area (Å²) < 4.78 is 6.15. The van der Waals surface area contributed by atoms with Crippen LogP contribution in [-0.2, 0) is 27.3 Å². The van der Waals surface area contributed by atoms with Crippen LogP contribution in [0.15, 0.2) is 35.3 Å². The number of benzene rings is 1. The highest BCUT2D eigenvalue weighted by Gasteiger charge is 2.34. The Morgan fingerprint density at radius 1 is 1.48 bits per heavy atom. The molecule has 0 radical (unpaired) electrons. The van der Waals surface area contributed by atoms with Gasteiger partial charge in [-0.25, -0.2) is 4.79 Å². The zero-order chi connectivity index (χ0) is 16.8. The molecule has 1 N–H and O–H groups in total. The van der Waals surface area contributed by atoms with Gasteiger partial charge in [0, 0.05) is 30.5 Å². The molecule has 0 fully saturated rings. The number of hydrogen-bond acceptors (Lipinski definition) is 3. The van der Waals surface area contributed by atoms with Gasteiger partial charge in [0.05, 0.1) is 6.61 Å². The van der Waals surface area contributed by atoms with Crippen LogP contribution in [0.2, 0.25) is 0 Å². The van der Waals surface area contributed by atoms with E-state index >= 15 is 0 Å². The first-order valence-corrected chi connectivity index (χ1v) is 8.31. The van der Waals surface area contributed by atoms with Crippen LogP contribution < -0.4 is 0 Å². The van der Waals surface area contributed by atoms with Gasteiger partial charge in [-0.3, -0.25) is 4.79 Å². The number of hydrogen-bond donors (Lipinski definition) is 1. The van der Waals surface area contributed by atoms with Crippen molar-refractivity contribution in [1.29, 1.82) is 0 Å². The normalized spacial score (nSPS) is 16.7. The molecule has 0 aliphatic carbocycles. The van der Waals surface area contributed by atoms with E-state index in [1.165, 1.54) is 4.90 Å².